The number of carbonyl (C=O) groups excluding carboxylic acids is 1. The molecule has 0 spiro atoms. The SMILES string of the molecule is Cc1ccc(-c2ccc(C(=O)N[C@H]3CC[C@H](O)CC3)c(F)c2)cc1. The lowest BCUT2D eigenvalue weighted by Gasteiger charge is -2.26. The summed E-state index contributed by atoms with van der Waals surface area (Å²) in [5.41, 5.74) is 2.89. The number of benzene rings is 2. The van der Waals surface area contributed by atoms with E-state index in [9.17, 15) is 14.3 Å². The first-order valence-corrected chi connectivity index (χ1v) is 8.38. The van der Waals surface area contributed by atoms with Crippen LogP contribution in [-0.4, -0.2) is 23.2 Å². The molecule has 2 N–H and O–H groups in total. The number of rotatable bonds is 3. The summed E-state index contributed by atoms with van der Waals surface area (Å²) in [7, 11) is 0. The third-order valence-corrected chi connectivity index (χ3v) is 4.63. The van der Waals surface area contributed by atoms with Gasteiger partial charge in [0.1, 0.15) is 5.82 Å². The van der Waals surface area contributed by atoms with Crippen LogP contribution in [0.5, 0.6) is 0 Å². The number of aliphatic hydroxyl groups excluding tert-OH is 1. The van der Waals surface area contributed by atoms with Crippen molar-refractivity contribution in [2.24, 2.45) is 0 Å². The zero-order valence-electron chi connectivity index (χ0n) is 13.8. The van der Waals surface area contributed by atoms with E-state index in [1.165, 1.54) is 12.1 Å². The second kappa shape index (κ2) is 7.14. The zero-order chi connectivity index (χ0) is 17.1. The molecule has 126 valence electrons. The molecule has 2 aromatic rings. The summed E-state index contributed by atoms with van der Waals surface area (Å²) in [5.74, 6) is -0.897. The fourth-order valence-electron chi connectivity index (χ4n) is 3.11. The fourth-order valence-corrected chi connectivity index (χ4v) is 3.11. The number of carbonyl (C=O) groups is 1. The molecule has 4 heteroatoms. The van der Waals surface area contributed by atoms with E-state index in [0.717, 1.165) is 29.5 Å². The van der Waals surface area contributed by atoms with Crippen molar-refractivity contribution in [2.45, 2.75) is 44.8 Å². The van der Waals surface area contributed by atoms with Crippen molar-refractivity contribution in [3.63, 3.8) is 0 Å². The minimum atomic E-state index is -0.513. The van der Waals surface area contributed by atoms with E-state index in [1.54, 1.807) is 6.07 Å². The van der Waals surface area contributed by atoms with Crippen LogP contribution < -0.4 is 5.32 Å². The van der Waals surface area contributed by atoms with Crippen molar-refractivity contribution in [2.75, 3.05) is 0 Å². The van der Waals surface area contributed by atoms with Gasteiger partial charge < -0.3 is 10.4 Å². The Morgan fingerprint density at radius 3 is 2.29 bits per heavy atom. The van der Waals surface area contributed by atoms with E-state index >= 15 is 0 Å². The molecule has 0 atom stereocenters. The molecule has 3 rings (SSSR count). The molecule has 0 saturated heterocycles. The highest BCUT2D eigenvalue weighted by molar-refractivity contribution is 5.95. The number of hydrogen-bond donors (Lipinski definition) is 2. The minimum absolute atomic E-state index is 0.0112. The highest BCUT2D eigenvalue weighted by Crippen LogP contribution is 2.23. The molecule has 0 aromatic heterocycles. The molecule has 0 aliphatic heterocycles. The first-order valence-electron chi connectivity index (χ1n) is 8.38. The number of hydrogen-bond acceptors (Lipinski definition) is 2. The van der Waals surface area contributed by atoms with Crippen LogP contribution in [-0.2, 0) is 0 Å². The average Bonchev–Trinajstić information content (AvgIpc) is 2.57. The predicted molar refractivity (Wildman–Crippen MR) is 92.3 cm³/mol. The Hall–Kier alpha value is -2.20. The molecule has 0 bridgehead atoms. The van der Waals surface area contributed by atoms with Crippen molar-refractivity contribution >= 4 is 5.91 Å². The van der Waals surface area contributed by atoms with Gasteiger partial charge in [0, 0.05) is 6.04 Å². The lowest BCUT2D eigenvalue weighted by atomic mass is 9.93. The maximum atomic E-state index is 14.4. The summed E-state index contributed by atoms with van der Waals surface area (Å²) in [6, 6.07) is 12.6. The first kappa shape index (κ1) is 16.7. The number of aliphatic hydroxyl groups is 1. The molecule has 1 amide bonds. The van der Waals surface area contributed by atoms with Gasteiger partial charge in [-0.2, -0.15) is 0 Å². The van der Waals surface area contributed by atoms with Gasteiger partial charge in [0.15, 0.2) is 0 Å². The van der Waals surface area contributed by atoms with E-state index < -0.39 is 5.82 Å². The molecule has 0 unspecified atom stereocenters. The Bertz CT molecular complexity index is 719. The van der Waals surface area contributed by atoms with Crippen LogP contribution in [0.15, 0.2) is 42.5 Å². The van der Waals surface area contributed by atoms with Gasteiger partial charge in [-0.3, -0.25) is 4.79 Å². The Morgan fingerprint density at radius 1 is 1.04 bits per heavy atom. The number of nitrogens with one attached hydrogen (secondary N) is 1. The van der Waals surface area contributed by atoms with Crippen LogP contribution in [0.1, 0.15) is 41.6 Å². The summed E-state index contributed by atoms with van der Waals surface area (Å²) in [6.07, 6.45) is 2.55. The number of aryl methyl sites for hydroxylation is 1. The van der Waals surface area contributed by atoms with Crippen LogP contribution >= 0.6 is 0 Å². The second-order valence-electron chi connectivity index (χ2n) is 6.54. The van der Waals surface area contributed by atoms with E-state index in [4.69, 9.17) is 0 Å². The third kappa shape index (κ3) is 3.82. The van der Waals surface area contributed by atoms with Crippen molar-refractivity contribution in [3.8, 4) is 11.1 Å². The summed E-state index contributed by atoms with van der Waals surface area (Å²) >= 11 is 0. The monoisotopic (exact) mass is 327 g/mol. The van der Waals surface area contributed by atoms with Gasteiger partial charge in [0.2, 0.25) is 0 Å². The maximum Gasteiger partial charge on any atom is 0.254 e. The predicted octanol–water partition coefficient (Wildman–Crippen LogP) is 3.83. The molecule has 1 aliphatic rings. The lowest BCUT2D eigenvalue weighted by Crippen LogP contribution is -2.38. The van der Waals surface area contributed by atoms with Crippen LogP contribution in [0.2, 0.25) is 0 Å². The van der Waals surface area contributed by atoms with Gasteiger partial charge in [0.25, 0.3) is 5.91 Å². The Morgan fingerprint density at radius 2 is 1.67 bits per heavy atom. The minimum Gasteiger partial charge on any atom is -0.393 e. The largest absolute Gasteiger partial charge is 0.393 e. The van der Waals surface area contributed by atoms with E-state index in [2.05, 4.69) is 5.32 Å². The van der Waals surface area contributed by atoms with Gasteiger partial charge in [0.05, 0.1) is 11.7 Å². The normalized spacial score (nSPS) is 20.6. The molecule has 0 radical (unpaired) electrons. The molecule has 24 heavy (non-hydrogen) atoms. The van der Waals surface area contributed by atoms with E-state index in [-0.39, 0.29) is 23.6 Å². The number of halogens is 1. The van der Waals surface area contributed by atoms with Crippen molar-refractivity contribution < 1.29 is 14.3 Å². The van der Waals surface area contributed by atoms with Crippen LogP contribution in [0, 0.1) is 12.7 Å². The third-order valence-electron chi connectivity index (χ3n) is 4.63. The van der Waals surface area contributed by atoms with Crippen molar-refractivity contribution in [1.82, 2.24) is 5.32 Å². The van der Waals surface area contributed by atoms with Gasteiger partial charge in [-0.15, -0.1) is 0 Å². The first-order chi connectivity index (χ1) is 11.5. The molecular formula is C20H22FNO2. The highest BCUT2D eigenvalue weighted by Gasteiger charge is 2.22. The van der Waals surface area contributed by atoms with Gasteiger partial charge in [-0.05, 0) is 55.9 Å². The van der Waals surface area contributed by atoms with E-state index in [0.29, 0.717) is 12.8 Å². The highest BCUT2D eigenvalue weighted by atomic mass is 19.1. The Kier molecular flexibility index (Phi) is 4.95. The summed E-state index contributed by atoms with van der Waals surface area (Å²) in [4.78, 5) is 12.3. The summed E-state index contributed by atoms with van der Waals surface area (Å²) in [5, 5.41) is 12.4. The van der Waals surface area contributed by atoms with Gasteiger partial charge in [-0.25, -0.2) is 4.39 Å². The smallest absolute Gasteiger partial charge is 0.254 e. The molecule has 1 aliphatic carbocycles. The Labute approximate surface area is 141 Å². The van der Waals surface area contributed by atoms with Crippen LogP contribution in [0.3, 0.4) is 0 Å². The standard InChI is InChI=1S/C20H22FNO2/c1-13-2-4-14(5-3-13)15-6-11-18(19(21)12-15)20(24)22-16-7-9-17(23)10-8-16/h2-6,11-12,16-17,23H,7-10H2,1H3,(H,22,24)/t16-,17-. The molecule has 1 saturated carbocycles. The lowest BCUT2D eigenvalue weighted by molar-refractivity contribution is 0.0864. The summed E-state index contributed by atoms with van der Waals surface area (Å²) in [6.45, 7) is 2.00. The summed E-state index contributed by atoms with van der Waals surface area (Å²) < 4.78 is 14.4. The Balaban J connectivity index is 1.72. The van der Waals surface area contributed by atoms with Gasteiger partial charge >= 0.3 is 0 Å². The molecule has 3 nitrogen and oxygen atoms in total. The maximum absolute atomic E-state index is 14.4. The second-order valence-corrected chi connectivity index (χ2v) is 6.54. The van der Waals surface area contributed by atoms with Crippen LogP contribution in [0.4, 0.5) is 4.39 Å². The van der Waals surface area contributed by atoms with Gasteiger partial charge in [-0.1, -0.05) is 35.9 Å². The average molecular weight is 327 g/mol. The molecule has 1 fully saturated rings. The van der Waals surface area contributed by atoms with Crippen LogP contribution in [0.25, 0.3) is 11.1 Å². The van der Waals surface area contributed by atoms with Crippen molar-refractivity contribution in [3.05, 3.63) is 59.4 Å². The fraction of sp³-hybridized carbons (Fsp3) is 0.350. The van der Waals surface area contributed by atoms with E-state index in [1.807, 2.05) is 31.2 Å². The van der Waals surface area contributed by atoms with Crippen molar-refractivity contribution in [1.29, 1.82) is 0 Å². The topological polar surface area (TPSA) is 49.3 Å². The number of amides is 1. The molecule has 0 heterocycles. The quantitative estimate of drug-likeness (QED) is 0.900. The molecular weight excluding hydrogens is 305 g/mol. The zero-order valence-corrected chi connectivity index (χ0v) is 13.8. The molecule has 2 aromatic carbocycles.